The Labute approximate surface area is 183 Å². The summed E-state index contributed by atoms with van der Waals surface area (Å²) in [5.74, 6) is -0.226. The van der Waals surface area contributed by atoms with Crippen molar-refractivity contribution in [2.24, 2.45) is 0 Å². The fourth-order valence-corrected chi connectivity index (χ4v) is 3.75. The van der Waals surface area contributed by atoms with Gasteiger partial charge in [-0.25, -0.2) is 14.6 Å². The summed E-state index contributed by atoms with van der Waals surface area (Å²) < 4.78 is 4.97. The van der Waals surface area contributed by atoms with Crippen LogP contribution in [0.25, 0.3) is 0 Å². The van der Waals surface area contributed by atoms with E-state index in [1.807, 2.05) is 0 Å². The fraction of sp³-hybridized carbons (Fsp3) is 0.368. The molecule has 1 aromatic carbocycles. The van der Waals surface area contributed by atoms with Crippen LogP contribution in [0.2, 0.25) is 5.02 Å². The molecule has 1 saturated heterocycles. The summed E-state index contributed by atoms with van der Waals surface area (Å²) in [4.78, 5) is 43.8. The monoisotopic (exact) mass is 451 g/mol. The van der Waals surface area contributed by atoms with Crippen LogP contribution in [0.15, 0.2) is 29.6 Å². The lowest BCUT2D eigenvalue weighted by Gasteiger charge is -2.33. The molecule has 0 atom stereocenters. The molecular weight excluding hydrogens is 430 g/mol. The zero-order valence-electron chi connectivity index (χ0n) is 16.4. The predicted molar refractivity (Wildman–Crippen MR) is 115 cm³/mol. The summed E-state index contributed by atoms with van der Waals surface area (Å²) >= 11 is 7.16. The maximum absolute atomic E-state index is 12.4. The van der Waals surface area contributed by atoms with Gasteiger partial charge < -0.3 is 19.9 Å². The molecule has 0 bridgehead atoms. The van der Waals surface area contributed by atoms with E-state index in [1.165, 1.54) is 11.3 Å². The van der Waals surface area contributed by atoms with Crippen molar-refractivity contribution in [1.29, 1.82) is 0 Å². The Kier molecular flexibility index (Phi) is 7.47. The Bertz CT molecular complexity index is 914. The van der Waals surface area contributed by atoms with E-state index >= 15 is 0 Å². The summed E-state index contributed by atoms with van der Waals surface area (Å²) in [5.41, 5.74) is 1.17. The van der Waals surface area contributed by atoms with Crippen molar-refractivity contribution in [3.8, 4) is 0 Å². The van der Waals surface area contributed by atoms with Crippen LogP contribution in [0.3, 0.4) is 0 Å². The Hall–Kier alpha value is -2.85. The van der Waals surface area contributed by atoms with E-state index in [2.05, 4.69) is 15.6 Å². The summed E-state index contributed by atoms with van der Waals surface area (Å²) in [6.07, 6.45) is -0.282. The lowest BCUT2D eigenvalue weighted by atomic mass is 10.3. The highest BCUT2D eigenvalue weighted by molar-refractivity contribution is 7.13. The highest BCUT2D eigenvalue weighted by Crippen LogP contribution is 2.18. The zero-order chi connectivity index (χ0) is 21.5. The van der Waals surface area contributed by atoms with Gasteiger partial charge in [0.05, 0.1) is 18.7 Å². The molecule has 1 aromatic heterocycles. The molecule has 0 radical (unpaired) electrons. The first-order valence-electron chi connectivity index (χ1n) is 9.42. The Morgan fingerprint density at radius 3 is 2.60 bits per heavy atom. The zero-order valence-corrected chi connectivity index (χ0v) is 18.0. The van der Waals surface area contributed by atoms with E-state index in [-0.39, 0.29) is 24.5 Å². The van der Waals surface area contributed by atoms with Crippen LogP contribution in [-0.2, 0) is 16.0 Å². The first-order chi connectivity index (χ1) is 14.4. The molecule has 0 saturated carbocycles. The van der Waals surface area contributed by atoms with Crippen molar-refractivity contribution in [3.05, 3.63) is 40.4 Å². The molecule has 11 heteroatoms. The van der Waals surface area contributed by atoms with Crippen LogP contribution < -0.4 is 10.6 Å². The summed E-state index contributed by atoms with van der Waals surface area (Å²) in [6.45, 7) is 3.72. The number of rotatable bonds is 5. The first-order valence-corrected chi connectivity index (χ1v) is 10.7. The first kappa shape index (κ1) is 21.8. The van der Waals surface area contributed by atoms with Gasteiger partial charge in [-0.2, -0.15) is 0 Å². The highest BCUT2D eigenvalue weighted by atomic mass is 35.5. The number of ether oxygens (including phenoxy) is 1. The van der Waals surface area contributed by atoms with E-state index in [0.29, 0.717) is 54.3 Å². The SMILES string of the molecule is CCOC(=O)N1CCN(C(=O)Nc2nc(CC(=O)Nc3cccc(Cl)c3)cs2)CC1. The number of hydrogen-bond donors (Lipinski definition) is 2. The van der Waals surface area contributed by atoms with Crippen molar-refractivity contribution < 1.29 is 19.1 Å². The minimum atomic E-state index is -0.363. The Morgan fingerprint density at radius 2 is 1.90 bits per heavy atom. The molecule has 3 rings (SSSR count). The second kappa shape index (κ2) is 10.3. The van der Waals surface area contributed by atoms with E-state index in [9.17, 15) is 14.4 Å². The Balaban J connectivity index is 1.46. The van der Waals surface area contributed by atoms with Crippen LogP contribution in [-0.4, -0.2) is 65.6 Å². The third kappa shape index (κ3) is 6.07. The number of nitrogens with one attached hydrogen (secondary N) is 2. The second-order valence-electron chi connectivity index (χ2n) is 6.48. The van der Waals surface area contributed by atoms with Gasteiger partial charge in [-0.15, -0.1) is 11.3 Å². The average Bonchev–Trinajstić information content (AvgIpc) is 3.14. The van der Waals surface area contributed by atoms with E-state index in [1.54, 1.807) is 46.4 Å². The largest absolute Gasteiger partial charge is 0.450 e. The summed E-state index contributed by atoms with van der Waals surface area (Å²) in [7, 11) is 0. The number of aromatic nitrogens is 1. The van der Waals surface area contributed by atoms with Gasteiger partial charge in [0, 0.05) is 42.3 Å². The van der Waals surface area contributed by atoms with Crippen LogP contribution in [0.4, 0.5) is 20.4 Å². The van der Waals surface area contributed by atoms with Crippen molar-refractivity contribution >= 4 is 51.8 Å². The van der Waals surface area contributed by atoms with Gasteiger partial charge in [0.2, 0.25) is 5.91 Å². The van der Waals surface area contributed by atoms with Gasteiger partial charge in [-0.05, 0) is 25.1 Å². The number of carbonyl (C=O) groups is 3. The molecular formula is C19H22ClN5O4S. The third-order valence-electron chi connectivity index (χ3n) is 4.31. The number of halogens is 1. The molecule has 2 N–H and O–H groups in total. The van der Waals surface area contributed by atoms with Crippen molar-refractivity contribution in [2.45, 2.75) is 13.3 Å². The Morgan fingerprint density at radius 1 is 1.17 bits per heavy atom. The smallest absolute Gasteiger partial charge is 0.409 e. The number of urea groups is 1. The van der Waals surface area contributed by atoms with Gasteiger partial charge in [0.25, 0.3) is 0 Å². The van der Waals surface area contributed by atoms with Crippen LogP contribution in [0, 0.1) is 0 Å². The van der Waals surface area contributed by atoms with Gasteiger partial charge >= 0.3 is 12.1 Å². The topological polar surface area (TPSA) is 104 Å². The van der Waals surface area contributed by atoms with E-state index in [4.69, 9.17) is 16.3 Å². The maximum atomic E-state index is 12.4. The molecule has 160 valence electrons. The quantitative estimate of drug-likeness (QED) is 0.725. The number of anilines is 2. The molecule has 4 amide bonds. The number of hydrogen-bond acceptors (Lipinski definition) is 6. The average molecular weight is 452 g/mol. The van der Waals surface area contributed by atoms with Gasteiger partial charge in [-0.3, -0.25) is 10.1 Å². The molecule has 2 aromatic rings. The summed E-state index contributed by atoms with van der Waals surface area (Å²) in [6, 6.07) is 6.60. The molecule has 1 aliphatic heterocycles. The van der Waals surface area contributed by atoms with Crippen LogP contribution >= 0.6 is 22.9 Å². The fourth-order valence-electron chi connectivity index (χ4n) is 2.86. The highest BCUT2D eigenvalue weighted by Gasteiger charge is 2.25. The molecule has 1 fully saturated rings. The standard InChI is InChI=1S/C19H22ClN5O4S/c1-2-29-19(28)25-8-6-24(7-9-25)18(27)23-17-22-15(12-30-17)11-16(26)21-14-5-3-4-13(20)10-14/h3-5,10,12H,2,6-9,11H2,1H3,(H,21,26)(H,22,23,27). The number of thiazole rings is 1. The predicted octanol–water partition coefficient (Wildman–Crippen LogP) is 3.28. The molecule has 0 aliphatic carbocycles. The molecule has 1 aliphatic rings. The minimum absolute atomic E-state index is 0.0805. The maximum Gasteiger partial charge on any atom is 0.409 e. The van der Waals surface area contributed by atoms with Crippen molar-refractivity contribution in [2.75, 3.05) is 43.4 Å². The number of carbonyl (C=O) groups excluding carboxylic acids is 3. The number of piperazine rings is 1. The van der Waals surface area contributed by atoms with Crippen LogP contribution in [0.1, 0.15) is 12.6 Å². The molecule has 0 spiro atoms. The number of nitrogens with zero attached hydrogens (tertiary/aromatic N) is 3. The normalized spacial score (nSPS) is 13.7. The third-order valence-corrected chi connectivity index (χ3v) is 5.35. The molecule has 2 heterocycles. The van der Waals surface area contributed by atoms with Gasteiger partial charge in [-0.1, -0.05) is 17.7 Å². The number of amides is 4. The van der Waals surface area contributed by atoms with E-state index in [0.717, 1.165) is 0 Å². The van der Waals surface area contributed by atoms with Gasteiger partial charge in [0.15, 0.2) is 5.13 Å². The number of benzene rings is 1. The summed E-state index contributed by atoms with van der Waals surface area (Å²) in [5, 5.41) is 8.18. The van der Waals surface area contributed by atoms with Crippen LogP contribution in [0.5, 0.6) is 0 Å². The molecule has 30 heavy (non-hydrogen) atoms. The van der Waals surface area contributed by atoms with E-state index < -0.39 is 0 Å². The lowest BCUT2D eigenvalue weighted by Crippen LogP contribution is -2.51. The lowest BCUT2D eigenvalue weighted by molar-refractivity contribution is -0.115. The second-order valence-corrected chi connectivity index (χ2v) is 7.78. The van der Waals surface area contributed by atoms with Crippen molar-refractivity contribution in [1.82, 2.24) is 14.8 Å². The molecule has 0 unspecified atom stereocenters. The van der Waals surface area contributed by atoms with Crippen molar-refractivity contribution in [3.63, 3.8) is 0 Å². The molecule has 9 nitrogen and oxygen atoms in total. The minimum Gasteiger partial charge on any atom is -0.450 e. The van der Waals surface area contributed by atoms with Gasteiger partial charge in [0.1, 0.15) is 0 Å².